The molecule has 0 aliphatic carbocycles. The fraction of sp³-hybridized carbons (Fsp3) is 0.389. The quantitative estimate of drug-likeness (QED) is 0.675. The molecule has 6 heteroatoms. The van der Waals surface area contributed by atoms with Crippen LogP contribution in [-0.2, 0) is 20.8 Å². The third-order valence-electron chi connectivity index (χ3n) is 3.32. The fourth-order valence-electron chi connectivity index (χ4n) is 2.24. The Morgan fingerprint density at radius 3 is 2.38 bits per heavy atom. The Kier molecular flexibility index (Phi) is 7.68. The molecule has 24 heavy (non-hydrogen) atoms. The molecular formula is C18H25N3O3. The van der Waals surface area contributed by atoms with Crippen LogP contribution in [0, 0.1) is 5.92 Å². The van der Waals surface area contributed by atoms with Gasteiger partial charge >= 0.3 is 0 Å². The number of hydrogen-bond donors (Lipinski definition) is 2. The number of nitrogens with two attached hydrogens (primary N) is 1. The summed E-state index contributed by atoms with van der Waals surface area (Å²) < 4.78 is 0. The van der Waals surface area contributed by atoms with E-state index in [-0.39, 0.29) is 24.3 Å². The normalized spacial score (nSPS) is 10.3. The standard InChI is InChI=1S/C18H25N3O3/c1-4-17(23)20-15-8-5-14(6-9-15)7-10-18(24)21(11-13(2)3)12-16(19)22/h4-6,8-9,13H,1,7,10-12H2,2-3H3,(H2,19,22)(H,20,23). The lowest BCUT2D eigenvalue weighted by Gasteiger charge is -2.23. The molecule has 0 bridgehead atoms. The van der Waals surface area contributed by atoms with Crippen LogP contribution in [0.2, 0.25) is 0 Å². The number of benzene rings is 1. The molecule has 0 saturated carbocycles. The van der Waals surface area contributed by atoms with Gasteiger partial charge in [-0.15, -0.1) is 0 Å². The maximum absolute atomic E-state index is 12.3. The molecule has 0 saturated heterocycles. The van der Waals surface area contributed by atoms with Crippen LogP contribution in [0.1, 0.15) is 25.8 Å². The van der Waals surface area contributed by atoms with Crippen LogP contribution >= 0.6 is 0 Å². The van der Waals surface area contributed by atoms with Crippen LogP contribution in [0.15, 0.2) is 36.9 Å². The van der Waals surface area contributed by atoms with Crippen molar-refractivity contribution >= 4 is 23.4 Å². The number of nitrogens with one attached hydrogen (secondary N) is 1. The average molecular weight is 331 g/mol. The summed E-state index contributed by atoms with van der Waals surface area (Å²) in [5.74, 6) is -0.604. The minimum absolute atomic E-state index is 0.0520. The van der Waals surface area contributed by atoms with E-state index in [1.807, 2.05) is 26.0 Å². The van der Waals surface area contributed by atoms with Gasteiger partial charge in [-0.2, -0.15) is 0 Å². The van der Waals surface area contributed by atoms with Crippen molar-refractivity contribution in [1.29, 1.82) is 0 Å². The molecule has 1 rings (SSSR count). The first kappa shape index (κ1) is 19.4. The van der Waals surface area contributed by atoms with E-state index >= 15 is 0 Å². The Hall–Kier alpha value is -2.63. The van der Waals surface area contributed by atoms with Crippen LogP contribution in [0.25, 0.3) is 0 Å². The molecular weight excluding hydrogens is 306 g/mol. The van der Waals surface area contributed by atoms with Crippen LogP contribution in [0.3, 0.4) is 0 Å². The van der Waals surface area contributed by atoms with E-state index in [4.69, 9.17) is 5.73 Å². The molecule has 0 fully saturated rings. The zero-order valence-corrected chi connectivity index (χ0v) is 14.2. The summed E-state index contributed by atoms with van der Waals surface area (Å²) in [6.07, 6.45) is 2.06. The molecule has 3 amide bonds. The first-order chi connectivity index (χ1) is 11.3. The van der Waals surface area contributed by atoms with Crippen molar-refractivity contribution in [1.82, 2.24) is 4.90 Å². The molecule has 0 atom stereocenters. The second-order valence-corrected chi connectivity index (χ2v) is 6.02. The third-order valence-corrected chi connectivity index (χ3v) is 3.32. The minimum atomic E-state index is -0.508. The third kappa shape index (κ3) is 7.09. The van der Waals surface area contributed by atoms with Crippen molar-refractivity contribution < 1.29 is 14.4 Å². The molecule has 130 valence electrons. The van der Waals surface area contributed by atoms with Gasteiger partial charge in [0.2, 0.25) is 17.7 Å². The van der Waals surface area contributed by atoms with Gasteiger partial charge in [-0.1, -0.05) is 32.6 Å². The number of hydrogen-bond acceptors (Lipinski definition) is 3. The number of carbonyl (C=O) groups excluding carboxylic acids is 3. The number of aryl methyl sites for hydroxylation is 1. The van der Waals surface area contributed by atoms with Crippen molar-refractivity contribution in [2.45, 2.75) is 26.7 Å². The Bertz CT molecular complexity index is 594. The molecule has 1 aromatic carbocycles. The van der Waals surface area contributed by atoms with Gasteiger partial charge in [-0.3, -0.25) is 14.4 Å². The first-order valence-corrected chi connectivity index (χ1v) is 7.90. The zero-order valence-electron chi connectivity index (χ0n) is 14.2. The van der Waals surface area contributed by atoms with Gasteiger partial charge in [0.05, 0.1) is 6.54 Å². The number of amides is 3. The molecule has 0 radical (unpaired) electrons. The van der Waals surface area contributed by atoms with Crippen LogP contribution in [0.5, 0.6) is 0 Å². The molecule has 0 unspecified atom stereocenters. The van der Waals surface area contributed by atoms with E-state index in [0.29, 0.717) is 25.1 Å². The molecule has 3 N–H and O–H groups in total. The molecule has 0 heterocycles. The van der Waals surface area contributed by atoms with Gasteiger partial charge in [0, 0.05) is 18.7 Å². The van der Waals surface area contributed by atoms with Crippen LogP contribution < -0.4 is 11.1 Å². The van der Waals surface area contributed by atoms with E-state index in [0.717, 1.165) is 5.56 Å². The highest BCUT2D eigenvalue weighted by Crippen LogP contribution is 2.12. The highest BCUT2D eigenvalue weighted by molar-refractivity contribution is 5.98. The summed E-state index contributed by atoms with van der Waals surface area (Å²) in [4.78, 5) is 36.1. The Balaban J connectivity index is 2.59. The average Bonchev–Trinajstić information content (AvgIpc) is 2.52. The topological polar surface area (TPSA) is 92.5 Å². The number of anilines is 1. The summed E-state index contributed by atoms with van der Waals surface area (Å²) in [7, 11) is 0. The summed E-state index contributed by atoms with van der Waals surface area (Å²) in [6, 6.07) is 7.26. The maximum atomic E-state index is 12.3. The van der Waals surface area contributed by atoms with E-state index in [9.17, 15) is 14.4 Å². The van der Waals surface area contributed by atoms with Gasteiger partial charge < -0.3 is 16.0 Å². The fourth-order valence-corrected chi connectivity index (χ4v) is 2.24. The predicted octanol–water partition coefficient (Wildman–Crippen LogP) is 1.71. The number of carbonyl (C=O) groups is 3. The molecule has 0 aromatic heterocycles. The van der Waals surface area contributed by atoms with Gasteiger partial charge in [0.15, 0.2) is 0 Å². The molecule has 0 spiro atoms. The van der Waals surface area contributed by atoms with Crippen LogP contribution in [0.4, 0.5) is 5.69 Å². The summed E-state index contributed by atoms with van der Waals surface area (Å²) >= 11 is 0. The molecule has 1 aromatic rings. The molecule has 6 nitrogen and oxygen atoms in total. The second-order valence-electron chi connectivity index (χ2n) is 6.02. The first-order valence-electron chi connectivity index (χ1n) is 7.90. The lowest BCUT2D eigenvalue weighted by atomic mass is 10.1. The number of primary amides is 1. The molecule has 0 aliphatic rings. The number of nitrogens with zero attached hydrogens (tertiary/aromatic N) is 1. The largest absolute Gasteiger partial charge is 0.368 e. The lowest BCUT2D eigenvalue weighted by molar-refractivity contribution is -0.135. The predicted molar refractivity (Wildman–Crippen MR) is 94.2 cm³/mol. The SMILES string of the molecule is C=CC(=O)Nc1ccc(CCC(=O)N(CC(N)=O)CC(C)C)cc1. The van der Waals surface area contributed by atoms with Gasteiger partial charge in [0.25, 0.3) is 0 Å². The van der Waals surface area contributed by atoms with Crippen molar-refractivity contribution in [2.75, 3.05) is 18.4 Å². The van der Waals surface area contributed by atoms with E-state index < -0.39 is 5.91 Å². The lowest BCUT2D eigenvalue weighted by Crippen LogP contribution is -2.40. The minimum Gasteiger partial charge on any atom is -0.368 e. The Morgan fingerprint density at radius 2 is 1.88 bits per heavy atom. The number of rotatable bonds is 9. The summed E-state index contributed by atoms with van der Waals surface area (Å²) in [5, 5.41) is 2.66. The summed E-state index contributed by atoms with van der Waals surface area (Å²) in [5.41, 5.74) is 6.85. The van der Waals surface area contributed by atoms with Crippen LogP contribution in [-0.4, -0.2) is 35.7 Å². The van der Waals surface area contributed by atoms with Crippen molar-refractivity contribution in [3.63, 3.8) is 0 Å². The van der Waals surface area contributed by atoms with Gasteiger partial charge in [-0.25, -0.2) is 0 Å². The highest BCUT2D eigenvalue weighted by Gasteiger charge is 2.16. The summed E-state index contributed by atoms with van der Waals surface area (Å²) in [6.45, 7) is 7.82. The smallest absolute Gasteiger partial charge is 0.247 e. The van der Waals surface area contributed by atoms with E-state index in [1.54, 1.807) is 12.1 Å². The monoisotopic (exact) mass is 331 g/mol. The van der Waals surface area contributed by atoms with Crippen molar-refractivity contribution in [3.8, 4) is 0 Å². The van der Waals surface area contributed by atoms with Gasteiger partial charge in [0.1, 0.15) is 0 Å². The maximum Gasteiger partial charge on any atom is 0.247 e. The zero-order chi connectivity index (χ0) is 18.1. The molecule has 0 aliphatic heterocycles. The van der Waals surface area contributed by atoms with E-state index in [2.05, 4.69) is 11.9 Å². The Labute approximate surface area is 142 Å². The Morgan fingerprint density at radius 1 is 1.25 bits per heavy atom. The van der Waals surface area contributed by atoms with E-state index in [1.165, 1.54) is 11.0 Å². The second kappa shape index (κ2) is 9.50. The van der Waals surface area contributed by atoms with Gasteiger partial charge in [-0.05, 0) is 36.1 Å². The van der Waals surface area contributed by atoms with Crippen molar-refractivity contribution in [2.24, 2.45) is 11.7 Å². The van der Waals surface area contributed by atoms with Crippen molar-refractivity contribution in [3.05, 3.63) is 42.5 Å². The highest BCUT2D eigenvalue weighted by atomic mass is 16.2.